The second-order valence-electron chi connectivity index (χ2n) is 4.66. The Kier molecular flexibility index (Phi) is 3.63. The second-order valence-corrected chi connectivity index (χ2v) is 4.66. The van der Waals surface area contributed by atoms with Gasteiger partial charge in [0.05, 0.1) is 18.2 Å². The van der Waals surface area contributed by atoms with E-state index in [1.165, 1.54) is 30.0 Å². The van der Waals surface area contributed by atoms with Crippen molar-refractivity contribution in [2.24, 2.45) is 0 Å². The molecule has 0 spiro atoms. The van der Waals surface area contributed by atoms with E-state index in [2.05, 4.69) is 20.1 Å². The van der Waals surface area contributed by atoms with Gasteiger partial charge in [0.25, 0.3) is 0 Å². The van der Waals surface area contributed by atoms with E-state index >= 15 is 0 Å². The Labute approximate surface area is 130 Å². The number of benzene rings is 1. The van der Waals surface area contributed by atoms with Crippen molar-refractivity contribution in [2.75, 3.05) is 12.4 Å². The average molecular weight is 312 g/mol. The number of methoxy groups -OCH3 is 1. The van der Waals surface area contributed by atoms with Gasteiger partial charge in [0.15, 0.2) is 5.65 Å². The number of carbonyl (C=O) groups is 2. The number of carboxylic acids is 1. The molecule has 0 aliphatic rings. The summed E-state index contributed by atoms with van der Waals surface area (Å²) in [4.78, 5) is 26.6. The SMILES string of the molecule is COC(=O)c1ccc2nc(Nc3ccc(C(=O)O)cc3)nn2c1. The Morgan fingerprint density at radius 3 is 2.48 bits per heavy atom. The molecule has 0 saturated heterocycles. The molecule has 2 N–H and O–H groups in total. The van der Waals surface area contributed by atoms with E-state index in [-0.39, 0.29) is 5.56 Å². The quantitative estimate of drug-likeness (QED) is 0.709. The van der Waals surface area contributed by atoms with Crippen LogP contribution in [0.3, 0.4) is 0 Å². The number of esters is 1. The predicted molar refractivity (Wildman–Crippen MR) is 81.0 cm³/mol. The normalized spacial score (nSPS) is 10.5. The Hall–Kier alpha value is -3.42. The molecule has 1 aromatic carbocycles. The maximum absolute atomic E-state index is 11.5. The minimum atomic E-state index is -0.988. The zero-order chi connectivity index (χ0) is 16.4. The van der Waals surface area contributed by atoms with Gasteiger partial charge in [-0.05, 0) is 36.4 Å². The molecule has 0 aliphatic heterocycles. The Bertz CT molecular complexity index is 886. The molecule has 0 fully saturated rings. The van der Waals surface area contributed by atoms with Gasteiger partial charge < -0.3 is 15.2 Å². The van der Waals surface area contributed by atoms with Crippen molar-refractivity contribution >= 4 is 29.2 Å². The highest BCUT2D eigenvalue weighted by Crippen LogP contribution is 2.15. The number of hydrogen-bond donors (Lipinski definition) is 2. The molecular weight excluding hydrogens is 300 g/mol. The van der Waals surface area contributed by atoms with Crippen molar-refractivity contribution in [2.45, 2.75) is 0 Å². The largest absolute Gasteiger partial charge is 0.478 e. The number of ether oxygens (including phenoxy) is 1. The fourth-order valence-electron chi connectivity index (χ4n) is 2.00. The van der Waals surface area contributed by atoms with E-state index in [4.69, 9.17) is 5.11 Å². The number of rotatable bonds is 4. The number of carboxylic acid groups (broad SMARTS) is 1. The maximum Gasteiger partial charge on any atom is 0.339 e. The average Bonchev–Trinajstić information content (AvgIpc) is 2.95. The number of anilines is 2. The minimum absolute atomic E-state index is 0.196. The number of fused-ring (bicyclic) bond motifs is 1. The van der Waals surface area contributed by atoms with Gasteiger partial charge in [0.1, 0.15) is 0 Å². The van der Waals surface area contributed by atoms with Gasteiger partial charge in [-0.25, -0.2) is 14.1 Å². The lowest BCUT2D eigenvalue weighted by molar-refractivity contribution is 0.0599. The fourth-order valence-corrected chi connectivity index (χ4v) is 2.00. The van der Waals surface area contributed by atoms with Gasteiger partial charge >= 0.3 is 11.9 Å². The lowest BCUT2D eigenvalue weighted by Crippen LogP contribution is -2.03. The van der Waals surface area contributed by atoms with Crippen LogP contribution >= 0.6 is 0 Å². The molecular formula is C15H12N4O4. The van der Waals surface area contributed by atoms with Gasteiger partial charge in [-0.3, -0.25) is 0 Å². The highest BCUT2D eigenvalue weighted by atomic mass is 16.5. The van der Waals surface area contributed by atoms with E-state index in [0.717, 1.165) is 0 Å². The molecule has 2 aromatic heterocycles. The van der Waals surface area contributed by atoms with Crippen molar-refractivity contribution < 1.29 is 19.4 Å². The summed E-state index contributed by atoms with van der Waals surface area (Å²) in [5.74, 6) is -1.12. The number of nitrogens with zero attached hydrogens (tertiary/aromatic N) is 3. The Morgan fingerprint density at radius 2 is 1.83 bits per heavy atom. The third-order valence-corrected chi connectivity index (χ3v) is 3.14. The molecule has 0 bridgehead atoms. The first kappa shape index (κ1) is 14.5. The topological polar surface area (TPSA) is 106 Å². The summed E-state index contributed by atoms with van der Waals surface area (Å²) in [7, 11) is 1.31. The van der Waals surface area contributed by atoms with Crippen molar-refractivity contribution in [1.82, 2.24) is 14.6 Å². The zero-order valence-electron chi connectivity index (χ0n) is 12.1. The first-order chi connectivity index (χ1) is 11.1. The van der Waals surface area contributed by atoms with E-state index in [0.29, 0.717) is 22.8 Å². The maximum atomic E-state index is 11.5. The second kappa shape index (κ2) is 5.76. The third-order valence-electron chi connectivity index (χ3n) is 3.14. The molecule has 116 valence electrons. The number of aromatic carboxylic acids is 1. The monoisotopic (exact) mass is 312 g/mol. The molecule has 0 atom stereocenters. The summed E-state index contributed by atoms with van der Waals surface area (Å²) in [6.07, 6.45) is 1.52. The standard InChI is InChI=1S/C15H12N4O4/c1-23-14(22)10-4-7-12-17-15(18-19(12)8-10)16-11-5-2-9(3-6-11)13(20)21/h2-8H,1H3,(H,16,18)(H,20,21). The van der Waals surface area contributed by atoms with E-state index in [9.17, 15) is 9.59 Å². The minimum Gasteiger partial charge on any atom is -0.478 e. The van der Waals surface area contributed by atoms with Crippen LogP contribution in [0.15, 0.2) is 42.6 Å². The van der Waals surface area contributed by atoms with E-state index in [1.807, 2.05) is 0 Å². The molecule has 0 amide bonds. The van der Waals surface area contributed by atoms with Gasteiger partial charge in [0.2, 0.25) is 5.95 Å². The van der Waals surface area contributed by atoms with Crippen LogP contribution in [0, 0.1) is 0 Å². The summed E-state index contributed by atoms with van der Waals surface area (Å²) >= 11 is 0. The number of nitrogens with one attached hydrogen (secondary N) is 1. The van der Waals surface area contributed by atoms with Crippen LogP contribution in [-0.4, -0.2) is 38.8 Å². The van der Waals surface area contributed by atoms with Gasteiger partial charge in [-0.2, -0.15) is 4.98 Å². The fraction of sp³-hybridized carbons (Fsp3) is 0.0667. The van der Waals surface area contributed by atoms with Crippen molar-refractivity contribution in [3.8, 4) is 0 Å². The zero-order valence-corrected chi connectivity index (χ0v) is 12.1. The summed E-state index contributed by atoms with van der Waals surface area (Å²) < 4.78 is 6.11. The molecule has 0 aliphatic carbocycles. The van der Waals surface area contributed by atoms with Crippen molar-refractivity contribution in [3.63, 3.8) is 0 Å². The lowest BCUT2D eigenvalue weighted by Gasteiger charge is -2.01. The molecule has 3 aromatic rings. The highest BCUT2D eigenvalue weighted by molar-refractivity contribution is 5.89. The van der Waals surface area contributed by atoms with Crippen LogP contribution in [0.25, 0.3) is 5.65 Å². The van der Waals surface area contributed by atoms with E-state index < -0.39 is 11.9 Å². The van der Waals surface area contributed by atoms with Gasteiger partial charge in [-0.1, -0.05) is 0 Å². The molecule has 23 heavy (non-hydrogen) atoms. The Morgan fingerprint density at radius 1 is 1.13 bits per heavy atom. The number of hydrogen-bond acceptors (Lipinski definition) is 6. The molecule has 8 heteroatoms. The smallest absolute Gasteiger partial charge is 0.339 e. The molecule has 0 radical (unpaired) electrons. The summed E-state index contributed by atoms with van der Waals surface area (Å²) in [6.45, 7) is 0. The van der Waals surface area contributed by atoms with Crippen LogP contribution in [0.4, 0.5) is 11.6 Å². The molecule has 0 unspecified atom stereocenters. The number of carbonyl (C=O) groups excluding carboxylic acids is 1. The molecule has 0 saturated carbocycles. The first-order valence-electron chi connectivity index (χ1n) is 6.62. The van der Waals surface area contributed by atoms with Gasteiger partial charge in [-0.15, -0.1) is 5.10 Å². The van der Waals surface area contributed by atoms with E-state index in [1.54, 1.807) is 24.3 Å². The number of pyridine rings is 1. The van der Waals surface area contributed by atoms with Crippen molar-refractivity contribution in [3.05, 3.63) is 53.7 Å². The number of aromatic nitrogens is 3. The van der Waals surface area contributed by atoms with Crippen molar-refractivity contribution in [1.29, 1.82) is 0 Å². The van der Waals surface area contributed by atoms with Crippen LogP contribution < -0.4 is 5.32 Å². The predicted octanol–water partition coefficient (Wildman–Crippen LogP) is 1.96. The Balaban J connectivity index is 1.85. The van der Waals surface area contributed by atoms with Crippen LogP contribution in [0.2, 0.25) is 0 Å². The summed E-state index contributed by atoms with van der Waals surface area (Å²) in [5, 5.41) is 16.0. The third kappa shape index (κ3) is 2.95. The summed E-state index contributed by atoms with van der Waals surface area (Å²) in [5.41, 5.74) is 1.77. The lowest BCUT2D eigenvalue weighted by atomic mass is 10.2. The van der Waals surface area contributed by atoms with Crippen LogP contribution in [0.5, 0.6) is 0 Å². The highest BCUT2D eigenvalue weighted by Gasteiger charge is 2.09. The molecule has 2 heterocycles. The summed E-state index contributed by atoms with van der Waals surface area (Å²) in [6, 6.07) is 9.45. The van der Waals surface area contributed by atoms with Crippen LogP contribution in [0.1, 0.15) is 20.7 Å². The first-order valence-corrected chi connectivity index (χ1v) is 6.62. The molecule has 8 nitrogen and oxygen atoms in total. The van der Waals surface area contributed by atoms with Gasteiger partial charge in [0, 0.05) is 11.9 Å². The van der Waals surface area contributed by atoms with Crippen LogP contribution in [-0.2, 0) is 4.74 Å². The molecule has 3 rings (SSSR count).